The zero-order valence-electron chi connectivity index (χ0n) is 12.7. The molecule has 4 atom stereocenters. The van der Waals surface area contributed by atoms with Crippen molar-refractivity contribution >= 4 is 17.8 Å². The van der Waals surface area contributed by atoms with Gasteiger partial charge in [0.05, 0.1) is 6.10 Å². The van der Waals surface area contributed by atoms with Crippen LogP contribution >= 0.6 is 11.8 Å². The van der Waals surface area contributed by atoms with Gasteiger partial charge >= 0.3 is 6.03 Å². The summed E-state index contributed by atoms with van der Waals surface area (Å²) in [7, 11) is 1.84. The third-order valence-corrected chi connectivity index (χ3v) is 5.82. The molecule has 116 valence electrons. The number of hydrogen-bond acceptors (Lipinski definition) is 3. The Morgan fingerprint density at radius 3 is 2.80 bits per heavy atom. The van der Waals surface area contributed by atoms with Gasteiger partial charge < -0.3 is 15.3 Å². The van der Waals surface area contributed by atoms with Crippen molar-refractivity contribution in [3.8, 4) is 0 Å². The van der Waals surface area contributed by atoms with Crippen LogP contribution in [0.5, 0.6) is 0 Å². The molecule has 2 N–H and O–H groups in total. The van der Waals surface area contributed by atoms with E-state index in [2.05, 4.69) is 12.2 Å². The van der Waals surface area contributed by atoms with Gasteiger partial charge in [0.2, 0.25) is 0 Å². The average Bonchev–Trinajstić information content (AvgIpc) is 3.00. The summed E-state index contributed by atoms with van der Waals surface area (Å²) in [5, 5.41) is 13.7. The van der Waals surface area contributed by atoms with Crippen LogP contribution in [0.25, 0.3) is 0 Å². The summed E-state index contributed by atoms with van der Waals surface area (Å²) >= 11 is 2.01. The van der Waals surface area contributed by atoms with Gasteiger partial charge in [-0.1, -0.05) is 13.3 Å². The summed E-state index contributed by atoms with van der Waals surface area (Å²) < 4.78 is 0. The quantitative estimate of drug-likeness (QED) is 0.820. The second-order valence-electron chi connectivity index (χ2n) is 6.18. The van der Waals surface area contributed by atoms with E-state index in [4.69, 9.17) is 0 Å². The second kappa shape index (κ2) is 7.55. The Balaban J connectivity index is 1.71. The van der Waals surface area contributed by atoms with Crippen LogP contribution in [0.4, 0.5) is 4.79 Å². The molecule has 2 rings (SSSR count). The molecule has 0 heterocycles. The molecule has 20 heavy (non-hydrogen) atoms. The molecule has 0 spiro atoms. The van der Waals surface area contributed by atoms with Crippen molar-refractivity contribution in [2.75, 3.05) is 19.3 Å². The number of hydrogen-bond donors (Lipinski definition) is 2. The van der Waals surface area contributed by atoms with Crippen LogP contribution in [0.2, 0.25) is 0 Å². The Labute approximate surface area is 126 Å². The van der Waals surface area contributed by atoms with Crippen LogP contribution < -0.4 is 5.32 Å². The van der Waals surface area contributed by atoms with Gasteiger partial charge in [-0.3, -0.25) is 0 Å². The first-order valence-corrected chi connectivity index (χ1v) is 8.96. The fourth-order valence-corrected chi connectivity index (χ4v) is 4.55. The number of rotatable bonds is 5. The van der Waals surface area contributed by atoms with Crippen molar-refractivity contribution in [2.24, 2.45) is 5.92 Å². The monoisotopic (exact) mass is 300 g/mol. The van der Waals surface area contributed by atoms with Crippen molar-refractivity contribution in [3.05, 3.63) is 0 Å². The van der Waals surface area contributed by atoms with Gasteiger partial charge in [-0.05, 0) is 37.9 Å². The number of thioether (sulfide) groups is 1. The van der Waals surface area contributed by atoms with Gasteiger partial charge in [0, 0.05) is 30.8 Å². The molecule has 0 aromatic carbocycles. The zero-order chi connectivity index (χ0) is 14.5. The Morgan fingerprint density at radius 2 is 2.15 bits per heavy atom. The molecule has 4 unspecified atom stereocenters. The molecule has 4 nitrogen and oxygen atoms in total. The number of nitrogens with one attached hydrogen (secondary N) is 1. The van der Waals surface area contributed by atoms with Gasteiger partial charge in [0.15, 0.2) is 0 Å². The molecule has 0 radical (unpaired) electrons. The van der Waals surface area contributed by atoms with Crippen LogP contribution in [0.15, 0.2) is 0 Å². The molecule has 2 saturated carbocycles. The standard InChI is InChI=1S/C15H28N2O2S/c1-3-20-13-8-7-12(9-13)16-15(19)17(2)10-11-5-4-6-14(11)18/h11-14,18H,3-10H2,1-2H3,(H,16,19). The number of nitrogens with zero attached hydrogens (tertiary/aromatic N) is 1. The predicted octanol–water partition coefficient (Wildman–Crippen LogP) is 2.46. The molecule has 0 saturated heterocycles. The number of urea groups is 1. The number of carbonyl (C=O) groups excluding carboxylic acids is 1. The topological polar surface area (TPSA) is 52.6 Å². The Hall–Kier alpha value is -0.420. The summed E-state index contributed by atoms with van der Waals surface area (Å²) in [6.07, 6.45) is 6.21. The van der Waals surface area contributed by atoms with Gasteiger partial charge in [-0.2, -0.15) is 11.8 Å². The first-order chi connectivity index (χ1) is 9.60. The Morgan fingerprint density at radius 1 is 1.35 bits per heavy atom. The van der Waals surface area contributed by atoms with Crippen molar-refractivity contribution in [1.82, 2.24) is 10.2 Å². The van der Waals surface area contributed by atoms with Gasteiger partial charge in [-0.25, -0.2) is 4.79 Å². The molecular weight excluding hydrogens is 272 g/mol. The van der Waals surface area contributed by atoms with Gasteiger partial charge in [-0.15, -0.1) is 0 Å². The lowest BCUT2D eigenvalue weighted by Crippen LogP contribution is -2.44. The molecule has 5 heteroatoms. The van der Waals surface area contributed by atoms with E-state index in [-0.39, 0.29) is 18.1 Å². The number of aliphatic hydroxyl groups excluding tert-OH is 1. The fraction of sp³-hybridized carbons (Fsp3) is 0.933. The summed E-state index contributed by atoms with van der Waals surface area (Å²) in [4.78, 5) is 13.9. The highest BCUT2D eigenvalue weighted by Crippen LogP contribution is 2.30. The number of aliphatic hydroxyl groups is 1. The largest absolute Gasteiger partial charge is 0.393 e. The van der Waals surface area contributed by atoms with Gasteiger partial charge in [0.1, 0.15) is 0 Å². The molecular formula is C15H28N2O2S. The minimum Gasteiger partial charge on any atom is -0.393 e. The van der Waals surface area contributed by atoms with Crippen LogP contribution in [-0.2, 0) is 0 Å². The highest BCUT2D eigenvalue weighted by molar-refractivity contribution is 7.99. The highest BCUT2D eigenvalue weighted by atomic mass is 32.2. The van der Waals surface area contributed by atoms with Crippen molar-refractivity contribution < 1.29 is 9.90 Å². The first kappa shape index (κ1) is 16.0. The summed E-state index contributed by atoms with van der Waals surface area (Å²) in [6, 6.07) is 0.360. The summed E-state index contributed by atoms with van der Waals surface area (Å²) in [6.45, 7) is 2.87. The second-order valence-corrected chi connectivity index (χ2v) is 7.75. The SMILES string of the molecule is CCSC1CCC(NC(=O)N(C)CC2CCCC2O)C1. The third-order valence-electron chi connectivity index (χ3n) is 4.59. The lowest BCUT2D eigenvalue weighted by Gasteiger charge is -2.25. The number of carbonyl (C=O) groups is 1. The molecule has 2 aliphatic carbocycles. The van der Waals surface area contributed by atoms with Crippen LogP contribution in [0, 0.1) is 5.92 Å². The van der Waals surface area contributed by atoms with Crippen molar-refractivity contribution in [1.29, 1.82) is 0 Å². The molecule has 2 amide bonds. The number of amides is 2. The molecule has 2 fully saturated rings. The molecule has 0 aromatic heterocycles. The van der Waals surface area contributed by atoms with Crippen LogP contribution in [0.3, 0.4) is 0 Å². The summed E-state index contributed by atoms with van der Waals surface area (Å²) in [5.41, 5.74) is 0. The fourth-order valence-electron chi connectivity index (χ4n) is 3.41. The molecule has 0 aromatic rings. The zero-order valence-corrected chi connectivity index (χ0v) is 13.5. The molecule has 2 aliphatic rings. The summed E-state index contributed by atoms with van der Waals surface area (Å²) in [5.74, 6) is 1.42. The third kappa shape index (κ3) is 4.29. The van der Waals surface area contributed by atoms with E-state index in [9.17, 15) is 9.90 Å². The maximum Gasteiger partial charge on any atom is 0.317 e. The first-order valence-electron chi connectivity index (χ1n) is 7.91. The van der Waals surface area contributed by atoms with E-state index in [1.54, 1.807) is 4.90 Å². The van der Waals surface area contributed by atoms with Crippen molar-refractivity contribution in [3.63, 3.8) is 0 Å². The smallest absolute Gasteiger partial charge is 0.317 e. The van der Waals surface area contributed by atoms with Crippen LogP contribution in [-0.4, -0.2) is 52.8 Å². The van der Waals surface area contributed by atoms with Crippen molar-refractivity contribution in [2.45, 2.75) is 62.8 Å². The molecule has 0 bridgehead atoms. The van der Waals surface area contributed by atoms with E-state index in [1.807, 2.05) is 18.8 Å². The average molecular weight is 300 g/mol. The highest BCUT2D eigenvalue weighted by Gasteiger charge is 2.29. The van der Waals surface area contributed by atoms with Gasteiger partial charge in [0.25, 0.3) is 0 Å². The Bertz CT molecular complexity index is 327. The van der Waals surface area contributed by atoms with E-state index >= 15 is 0 Å². The maximum atomic E-state index is 12.2. The minimum atomic E-state index is -0.220. The van der Waals surface area contributed by atoms with Crippen LogP contribution in [0.1, 0.15) is 45.4 Å². The molecule has 0 aliphatic heterocycles. The lowest BCUT2D eigenvalue weighted by atomic mass is 10.1. The van der Waals surface area contributed by atoms with E-state index in [1.165, 1.54) is 6.42 Å². The predicted molar refractivity (Wildman–Crippen MR) is 84.1 cm³/mol. The normalized spacial score (nSPS) is 33.4. The lowest BCUT2D eigenvalue weighted by molar-refractivity contribution is 0.113. The Kier molecular flexibility index (Phi) is 6.02. The van der Waals surface area contributed by atoms with E-state index in [0.717, 1.165) is 37.9 Å². The minimum absolute atomic E-state index is 0.0243. The van der Waals surface area contributed by atoms with E-state index < -0.39 is 0 Å². The van der Waals surface area contributed by atoms with E-state index in [0.29, 0.717) is 17.8 Å². The maximum absolute atomic E-state index is 12.2.